The molecule has 7 heteroatoms. The number of sulfonamides is 1. The average Bonchev–Trinajstić information content (AvgIpc) is 2.16. The van der Waals surface area contributed by atoms with Gasteiger partial charge in [-0.15, -0.1) is 0 Å². The summed E-state index contributed by atoms with van der Waals surface area (Å²) in [5.41, 5.74) is -0.798. The molecule has 1 aliphatic heterocycles. The lowest BCUT2D eigenvalue weighted by atomic mass is 9.93. The van der Waals surface area contributed by atoms with Gasteiger partial charge in [0, 0.05) is 32.7 Å². The standard InChI is InChI=1S/C10H20N2O4S/c1-10(2,9(13)14)8-11-4-6-12(7-5-11)17(3,15)16/h4-8H2,1-3H3,(H,13,14). The van der Waals surface area contributed by atoms with Gasteiger partial charge in [-0.1, -0.05) is 0 Å². The van der Waals surface area contributed by atoms with Crippen molar-refractivity contribution in [3.05, 3.63) is 0 Å². The van der Waals surface area contributed by atoms with E-state index in [1.54, 1.807) is 13.8 Å². The van der Waals surface area contributed by atoms with E-state index >= 15 is 0 Å². The first-order chi connectivity index (χ1) is 7.63. The molecule has 17 heavy (non-hydrogen) atoms. The van der Waals surface area contributed by atoms with Crippen molar-refractivity contribution in [1.82, 2.24) is 9.21 Å². The third-order valence-corrected chi connectivity index (χ3v) is 4.30. The van der Waals surface area contributed by atoms with Crippen LogP contribution in [0.15, 0.2) is 0 Å². The van der Waals surface area contributed by atoms with E-state index < -0.39 is 21.4 Å². The van der Waals surface area contributed by atoms with Crippen molar-refractivity contribution in [2.45, 2.75) is 13.8 Å². The SMILES string of the molecule is CC(C)(CN1CCN(S(C)(=O)=O)CC1)C(=O)O. The number of hydrogen-bond acceptors (Lipinski definition) is 4. The molecule has 100 valence electrons. The van der Waals surface area contributed by atoms with E-state index in [9.17, 15) is 13.2 Å². The summed E-state index contributed by atoms with van der Waals surface area (Å²) < 4.78 is 24.0. The van der Waals surface area contributed by atoms with Gasteiger partial charge in [0.1, 0.15) is 0 Å². The molecule has 0 bridgehead atoms. The van der Waals surface area contributed by atoms with Crippen LogP contribution in [0.3, 0.4) is 0 Å². The summed E-state index contributed by atoms with van der Waals surface area (Å²) in [7, 11) is -3.12. The van der Waals surface area contributed by atoms with Crippen molar-refractivity contribution in [3.63, 3.8) is 0 Å². The van der Waals surface area contributed by atoms with E-state index in [0.717, 1.165) is 0 Å². The van der Waals surface area contributed by atoms with Crippen LogP contribution < -0.4 is 0 Å². The van der Waals surface area contributed by atoms with Crippen molar-refractivity contribution in [3.8, 4) is 0 Å². The van der Waals surface area contributed by atoms with Crippen molar-refractivity contribution >= 4 is 16.0 Å². The Balaban J connectivity index is 2.51. The van der Waals surface area contributed by atoms with Crippen LogP contribution in [0.5, 0.6) is 0 Å². The molecule has 0 aliphatic carbocycles. The molecule has 1 saturated heterocycles. The minimum atomic E-state index is -3.12. The molecule has 0 aromatic heterocycles. The maximum absolute atomic E-state index is 11.3. The molecule has 6 nitrogen and oxygen atoms in total. The van der Waals surface area contributed by atoms with Gasteiger partial charge < -0.3 is 5.11 Å². The molecule has 1 rings (SSSR count). The molecule has 0 aromatic carbocycles. The first-order valence-electron chi connectivity index (χ1n) is 5.54. The van der Waals surface area contributed by atoms with E-state index in [-0.39, 0.29) is 0 Å². The van der Waals surface area contributed by atoms with Crippen molar-refractivity contribution < 1.29 is 18.3 Å². The van der Waals surface area contributed by atoms with Crippen LogP contribution in [0.1, 0.15) is 13.8 Å². The van der Waals surface area contributed by atoms with Gasteiger partial charge in [0.25, 0.3) is 0 Å². The summed E-state index contributed by atoms with van der Waals surface area (Å²) >= 11 is 0. The molecule has 0 spiro atoms. The van der Waals surface area contributed by atoms with Gasteiger partial charge in [-0.2, -0.15) is 4.31 Å². The number of carboxylic acid groups (broad SMARTS) is 1. The first-order valence-corrected chi connectivity index (χ1v) is 7.38. The summed E-state index contributed by atoms with van der Waals surface area (Å²) in [5.74, 6) is -0.831. The highest BCUT2D eigenvalue weighted by molar-refractivity contribution is 7.88. The fraction of sp³-hybridized carbons (Fsp3) is 0.900. The van der Waals surface area contributed by atoms with Gasteiger partial charge in [-0.3, -0.25) is 9.69 Å². The number of hydrogen-bond donors (Lipinski definition) is 1. The molecule has 0 unspecified atom stereocenters. The van der Waals surface area contributed by atoms with Crippen molar-refractivity contribution in [1.29, 1.82) is 0 Å². The Kier molecular flexibility index (Phi) is 4.16. The van der Waals surface area contributed by atoms with E-state index in [1.165, 1.54) is 10.6 Å². The second-order valence-electron chi connectivity index (χ2n) is 5.13. The second-order valence-corrected chi connectivity index (χ2v) is 7.11. The zero-order valence-corrected chi connectivity index (χ0v) is 11.3. The summed E-state index contributed by atoms with van der Waals surface area (Å²) in [5, 5.41) is 9.02. The fourth-order valence-corrected chi connectivity index (χ4v) is 2.67. The van der Waals surface area contributed by atoms with Gasteiger partial charge in [0.05, 0.1) is 11.7 Å². The second kappa shape index (κ2) is 4.91. The molecule has 1 aliphatic rings. The van der Waals surface area contributed by atoms with Crippen LogP contribution in [0.4, 0.5) is 0 Å². The monoisotopic (exact) mass is 264 g/mol. The average molecular weight is 264 g/mol. The van der Waals surface area contributed by atoms with E-state index in [1.807, 2.05) is 4.90 Å². The molecule has 0 saturated carbocycles. The predicted molar refractivity (Wildman–Crippen MR) is 64.3 cm³/mol. The van der Waals surface area contributed by atoms with E-state index in [4.69, 9.17) is 5.11 Å². The summed E-state index contributed by atoms with van der Waals surface area (Å²) in [4.78, 5) is 13.0. The van der Waals surface area contributed by atoms with Crippen LogP contribution in [0, 0.1) is 5.41 Å². The molecule has 0 radical (unpaired) electrons. The van der Waals surface area contributed by atoms with E-state index in [2.05, 4.69) is 0 Å². The Hall–Kier alpha value is -0.660. The minimum absolute atomic E-state index is 0.439. The first kappa shape index (κ1) is 14.4. The van der Waals surface area contributed by atoms with Gasteiger partial charge in [-0.25, -0.2) is 8.42 Å². The third-order valence-electron chi connectivity index (χ3n) is 3.00. The fourth-order valence-electron chi connectivity index (χ4n) is 1.85. The lowest BCUT2D eigenvalue weighted by Gasteiger charge is -2.36. The number of carboxylic acids is 1. The van der Waals surface area contributed by atoms with Crippen molar-refractivity contribution in [2.75, 3.05) is 39.0 Å². The molecular weight excluding hydrogens is 244 g/mol. The lowest BCUT2D eigenvalue weighted by molar-refractivity contribution is -0.148. The topological polar surface area (TPSA) is 77.9 Å². The Morgan fingerprint density at radius 3 is 2.06 bits per heavy atom. The highest BCUT2D eigenvalue weighted by Gasteiger charge is 2.32. The van der Waals surface area contributed by atoms with Gasteiger partial charge >= 0.3 is 5.97 Å². The van der Waals surface area contributed by atoms with Crippen LogP contribution in [-0.2, 0) is 14.8 Å². The van der Waals surface area contributed by atoms with Gasteiger partial charge in [-0.05, 0) is 13.8 Å². The van der Waals surface area contributed by atoms with Crippen molar-refractivity contribution in [2.24, 2.45) is 5.41 Å². The summed E-state index contributed by atoms with van der Waals surface area (Å²) in [6.07, 6.45) is 1.20. The predicted octanol–water partition coefficient (Wildman–Crippen LogP) is -0.326. The molecule has 1 N–H and O–H groups in total. The summed E-state index contributed by atoms with van der Waals surface area (Å²) in [6, 6.07) is 0. The molecule has 1 fully saturated rings. The zero-order chi connectivity index (χ0) is 13.3. The quantitative estimate of drug-likeness (QED) is 0.752. The maximum atomic E-state index is 11.3. The van der Waals surface area contributed by atoms with Crippen LogP contribution >= 0.6 is 0 Å². The Bertz CT molecular complexity index is 383. The highest BCUT2D eigenvalue weighted by atomic mass is 32.2. The normalized spacial score (nSPS) is 20.4. The molecular formula is C10H20N2O4S. The largest absolute Gasteiger partial charge is 0.481 e. The lowest BCUT2D eigenvalue weighted by Crippen LogP contribution is -2.51. The van der Waals surface area contributed by atoms with Gasteiger partial charge in [0.2, 0.25) is 10.0 Å². The molecule has 0 aromatic rings. The molecule has 0 amide bonds. The van der Waals surface area contributed by atoms with Crippen LogP contribution in [0.2, 0.25) is 0 Å². The Morgan fingerprint density at radius 1 is 1.24 bits per heavy atom. The molecule has 1 heterocycles. The summed E-state index contributed by atoms with van der Waals surface area (Å²) in [6.45, 7) is 5.85. The third kappa shape index (κ3) is 3.93. The molecule has 0 atom stereocenters. The Morgan fingerprint density at radius 2 is 1.71 bits per heavy atom. The number of nitrogens with zero attached hydrogens (tertiary/aromatic N) is 2. The zero-order valence-electron chi connectivity index (χ0n) is 10.5. The van der Waals surface area contributed by atoms with Crippen LogP contribution in [0.25, 0.3) is 0 Å². The van der Waals surface area contributed by atoms with E-state index in [0.29, 0.717) is 32.7 Å². The minimum Gasteiger partial charge on any atom is -0.481 e. The maximum Gasteiger partial charge on any atom is 0.310 e. The number of rotatable bonds is 4. The smallest absolute Gasteiger partial charge is 0.310 e. The van der Waals surface area contributed by atoms with Crippen LogP contribution in [-0.4, -0.2) is 67.7 Å². The Labute approximate surface area is 102 Å². The van der Waals surface area contributed by atoms with Gasteiger partial charge in [0.15, 0.2) is 0 Å². The number of carbonyl (C=O) groups is 1. The number of piperazine rings is 1. The number of aliphatic carboxylic acids is 1. The highest BCUT2D eigenvalue weighted by Crippen LogP contribution is 2.18.